The van der Waals surface area contributed by atoms with E-state index in [-0.39, 0.29) is 41.9 Å². The Kier molecular flexibility index (Phi) is 10.1. The van der Waals surface area contributed by atoms with Gasteiger partial charge in [0.15, 0.2) is 17.5 Å². The van der Waals surface area contributed by atoms with Gasteiger partial charge in [0.1, 0.15) is 0 Å². The van der Waals surface area contributed by atoms with Gasteiger partial charge in [-0.25, -0.2) is 24.5 Å². The highest BCUT2D eigenvalue weighted by atomic mass is 79.9. The number of halogens is 7. The molecule has 1 N–H and O–H groups in total. The fourth-order valence-corrected chi connectivity index (χ4v) is 3.27. The topological polar surface area (TPSA) is 103 Å². The second-order valence-electron chi connectivity index (χ2n) is 6.07. The Morgan fingerprint density at radius 1 is 0.939 bits per heavy atom. The lowest BCUT2D eigenvalue weighted by Gasteiger charge is -2.20. The van der Waals surface area contributed by atoms with Crippen LogP contribution in [-0.4, -0.2) is 46.1 Å². The Labute approximate surface area is 227 Å². The molecular weight excluding hydrogens is 629 g/mol. The molecule has 0 radical (unpaired) electrons. The molecule has 0 unspecified atom stereocenters. The number of ether oxygens (including phenoxy) is 2. The van der Waals surface area contributed by atoms with Gasteiger partial charge in [-0.15, -0.1) is 0 Å². The van der Waals surface area contributed by atoms with E-state index in [9.17, 15) is 9.59 Å². The molecule has 15 heteroatoms. The van der Waals surface area contributed by atoms with Crippen LogP contribution in [0.2, 0.25) is 0 Å². The van der Waals surface area contributed by atoms with Crippen LogP contribution < -0.4 is 5.32 Å². The van der Waals surface area contributed by atoms with Crippen molar-refractivity contribution in [2.24, 2.45) is 0 Å². The van der Waals surface area contributed by atoms with Gasteiger partial charge in [0.25, 0.3) is 0 Å². The summed E-state index contributed by atoms with van der Waals surface area (Å²) in [5.41, 5.74) is 0.498. The first-order chi connectivity index (χ1) is 15.3. The van der Waals surface area contributed by atoms with Crippen molar-refractivity contribution >= 4 is 103 Å². The van der Waals surface area contributed by atoms with Gasteiger partial charge in [-0.2, -0.15) is 0 Å². The number of aromatic nitrogens is 3. The number of hydrogen-bond acceptors (Lipinski definition) is 8. The summed E-state index contributed by atoms with van der Waals surface area (Å²) in [6.07, 6.45) is 0. The molecule has 1 aromatic heterocycles. The van der Waals surface area contributed by atoms with Crippen LogP contribution in [0.25, 0.3) is 11.4 Å². The molecule has 0 fully saturated rings. The highest BCUT2D eigenvalue weighted by Crippen LogP contribution is 2.41. The van der Waals surface area contributed by atoms with Gasteiger partial charge in [0.05, 0.1) is 13.2 Å². The van der Waals surface area contributed by atoms with Gasteiger partial charge >= 0.3 is 11.9 Å². The van der Waals surface area contributed by atoms with Crippen molar-refractivity contribution in [1.82, 2.24) is 15.0 Å². The molecule has 2 aromatic rings. The van der Waals surface area contributed by atoms with Crippen LogP contribution in [0, 0.1) is 0 Å². The summed E-state index contributed by atoms with van der Waals surface area (Å²) in [5, 5.41) is 2.80. The van der Waals surface area contributed by atoms with Crippen molar-refractivity contribution < 1.29 is 19.1 Å². The van der Waals surface area contributed by atoms with E-state index in [1.54, 1.807) is 32.0 Å². The van der Waals surface area contributed by atoms with Gasteiger partial charge in [-0.05, 0) is 32.0 Å². The minimum absolute atomic E-state index is 0.0500. The summed E-state index contributed by atoms with van der Waals surface area (Å²) < 4.78 is 6.44. The molecule has 0 aliphatic rings. The van der Waals surface area contributed by atoms with Gasteiger partial charge in [0.2, 0.25) is 13.6 Å². The predicted octanol–water partition coefficient (Wildman–Crippen LogP) is 5.86. The van der Waals surface area contributed by atoms with Crippen LogP contribution in [0.3, 0.4) is 0 Å². The number of esters is 2. The molecule has 1 aromatic carbocycles. The normalized spacial score (nSPS) is 11.9. The average molecular weight is 644 g/mol. The molecule has 0 spiro atoms. The zero-order valence-electron chi connectivity index (χ0n) is 16.8. The van der Waals surface area contributed by atoms with Crippen molar-refractivity contribution in [2.75, 3.05) is 18.5 Å². The second-order valence-corrected chi connectivity index (χ2v) is 11.6. The standard InChI is InChI=1S/C18H15BrCl6N4O4/c1-3-32-13(30)11(14(31)33-4-2)26-10-7-8(19)5-6-9(10)12-27-15(17(20,21)22)29-16(28-12)18(23,24)25/h5-7,11,26H,3-4H2,1-2H3. The zero-order chi connectivity index (χ0) is 25.0. The van der Waals surface area contributed by atoms with E-state index in [0.717, 1.165) is 0 Å². The summed E-state index contributed by atoms with van der Waals surface area (Å²) in [6.45, 7) is 3.31. The lowest BCUT2D eigenvalue weighted by molar-refractivity contribution is -0.155. The summed E-state index contributed by atoms with van der Waals surface area (Å²) >= 11 is 39.0. The summed E-state index contributed by atoms with van der Waals surface area (Å²) in [4.78, 5) is 37.1. The number of benzene rings is 1. The van der Waals surface area contributed by atoms with Crippen LogP contribution >= 0.6 is 85.5 Å². The highest BCUT2D eigenvalue weighted by molar-refractivity contribution is 9.10. The lowest BCUT2D eigenvalue weighted by atomic mass is 10.1. The van der Waals surface area contributed by atoms with Gasteiger partial charge in [-0.1, -0.05) is 85.5 Å². The SMILES string of the molecule is CCOC(=O)C(Nc1cc(Br)ccc1-c1nc(C(Cl)(Cl)Cl)nc(C(Cl)(Cl)Cl)n1)C(=O)OCC. The Morgan fingerprint density at radius 3 is 1.85 bits per heavy atom. The van der Waals surface area contributed by atoms with Gasteiger partial charge in [0, 0.05) is 15.7 Å². The first-order valence-electron chi connectivity index (χ1n) is 9.08. The third-order valence-electron chi connectivity index (χ3n) is 3.71. The van der Waals surface area contributed by atoms with E-state index < -0.39 is 25.6 Å². The van der Waals surface area contributed by atoms with E-state index in [4.69, 9.17) is 79.1 Å². The lowest BCUT2D eigenvalue weighted by Crippen LogP contribution is -2.40. The van der Waals surface area contributed by atoms with Crippen LogP contribution in [0.1, 0.15) is 25.5 Å². The fraction of sp³-hybridized carbons (Fsp3) is 0.389. The Balaban J connectivity index is 2.66. The Hall–Kier alpha value is -0.810. The third kappa shape index (κ3) is 7.85. The molecular formula is C18H15BrCl6N4O4. The number of nitrogens with one attached hydrogen (secondary N) is 1. The van der Waals surface area contributed by atoms with Crippen LogP contribution in [0.5, 0.6) is 0 Å². The maximum Gasteiger partial charge on any atom is 0.340 e. The zero-order valence-corrected chi connectivity index (χ0v) is 23.0. The van der Waals surface area contributed by atoms with Crippen molar-refractivity contribution in [2.45, 2.75) is 27.5 Å². The smallest absolute Gasteiger partial charge is 0.340 e. The number of hydrogen-bond donors (Lipinski definition) is 1. The molecule has 0 amide bonds. The number of anilines is 1. The monoisotopic (exact) mass is 640 g/mol. The number of carbonyl (C=O) groups excluding carboxylic acids is 2. The van der Waals surface area contributed by atoms with Crippen LogP contribution in [-0.2, 0) is 26.6 Å². The van der Waals surface area contributed by atoms with Crippen molar-refractivity contribution in [3.8, 4) is 11.4 Å². The van der Waals surface area contributed by atoms with Crippen molar-refractivity contribution in [1.29, 1.82) is 0 Å². The van der Waals surface area contributed by atoms with Gasteiger partial charge in [-0.3, -0.25) is 0 Å². The number of nitrogens with zero attached hydrogens (tertiary/aromatic N) is 3. The summed E-state index contributed by atoms with van der Waals surface area (Å²) in [7, 11) is 0. The van der Waals surface area contributed by atoms with Crippen molar-refractivity contribution in [3.63, 3.8) is 0 Å². The van der Waals surface area contributed by atoms with Crippen LogP contribution in [0.15, 0.2) is 22.7 Å². The number of carbonyl (C=O) groups is 2. The molecule has 1 heterocycles. The molecule has 0 saturated heterocycles. The fourth-order valence-electron chi connectivity index (χ4n) is 2.40. The molecule has 0 bridgehead atoms. The van der Waals surface area contributed by atoms with E-state index in [2.05, 4.69) is 36.2 Å². The summed E-state index contributed by atoms with van der Waals surface area (Å²) in [6, 6.07) is 3.30. The van der Waals surface area contributed by atoms with E-state index in [1.807, 2.05) is 0 Å². The van der Waals surface area contributed by atoms with Crippen LogP contribution in [0.4, 0.5) is 5.69 Å². The molecule has 0 atom stereocenters. The molecule has 8 nitrogen and oxygen atoms in total. The summed E-state index contributed by atoms with van der Waals surface area (Å²) in [5.74, 6) is -2.36. The molecule has 2 rings (SSSR count). The Morgan fingerprint density at radius 2 is 1.42 bits per heavy atom. The molecule has 180 valence electrons. The minimum atomic E-state index is -2.07. The highest BCUT2D eigenvalue weighted by Gasteiger charge is 2.35. The predicted molar refractivity (Wildman–Crippen MR) is 132 cm³/mol. The molecule has 0 aliphatic carbocycles. The van der Waals surface area contributed by atoms with E-state index >= 15 is 0 Å². The number of alkyl halides is 6. The maximum absolute atomic E-state index is 12.4. The second kappa shape index (κ2) is 11.7. The number of rotatable bonds is 7. The minimum Gasteiger partial charge on any atom is -0.464 e. The van der Waals surface area contributed by atoms with Crippen molar-refractivity contribution in [3.05, 3.63) is 34.3 Å². The maximum atomic E-state index is 12.4. The van der Waals surface area contributed by atoms with E-state index in [0.29, 0.717) is 4.47 Å². The third-order valence-corrected chi connectivity index (χ3v) is 5.22. The first kappa shape index (κ1) is 28.4. The Bertz CT molecular complexity index is 982. The average Bonchev–Trinajstić information content (AvgIpc) is 2.70. The van der Waals surface area contributed by atoms with E-state index in [1.165, 1.54) is 0 Å². The molecule has 0 saturated carbocycles. The molecule has 0 aliphatic heterocycles. The first-order valence-corrected chi connectivity index (χ1v) is 12.1. The molecule has 33 heavy (non-hydrogen) atoms. The van der Waals surface area contributed by atoms with Gasteiger partial charge < -0.3 is 14.8 Å². The quantitative estimate of drug-likeness (QED) is 0.227. The largest absolute Gasteiger partial charge is 0.464 e.